The van der Waals surface area contributed by atoms with Crippen LogP contribution in [0.2, 0.25) is 10.0 Å². The van der Waals surface area contributed by atoms with Crippen molar-refractivity contribution in [3.63, 3.8) is 0 Å². The van der Waals surface area contributed by atoms with Gasteiger partial charge in [-0.3, -0.25) is 4.79 Å². The molecule has 0 aliphatic carbocycles. The van der Waals surface area contributed by atoms with Crippen molar-refractivity contribution in [2.24, 2.45) is 10.7 Å². The first-order chi connectivity index (χ1) is 11.5. The molecule has 0 unspecified atom stereocenters. The fourth-order valence-corrected chi connectivity index (χ4v) is 2.34. The van der Waals surface area contributed by atoms with Gasteiger partial charge in [0.25, 0.3) is 0 Å². The van der Waals surface area contributed by atoms with E-state index in [1.54, 1.807) is 24.3 Å². The first-order valence-electron chi connectivity index (χ1n) is 7.59. The van der Waals surface area contributed by atoms with Crippen molar-refractivity contribution >= 4 is 34.8 Å². The summed E-state index contributed by atoms with van der Waals surface area (Å²) in [5.74, 6) is 0.524. The highest BCUT2D eigenvalue weighted by Crippen LogP contribution is 2.22. The Hall–Kier alpha value is -1.98. The Morgan fingerprint density at radius 3 is 2.67 bits per heavy atom. The highest BCUT2D eigenvalue weighted by Gasteiger charge is 2.07. The maximum atomic E-state index is 11.1. The molecule has 1 rings (SSSR count). The van der Waals surface area contributed by atoms with Crippen LogP contribution in [0.1, 0.15) is 25.3 Å². The molecule has 0 radical (unpaired) electrons. The summed E-state index contributed by atoms with van der Waals surface area (Å²) in [6, 6.07) is 5.15. The number of nitrogens with zero attached hydrogens (tertiary/aromatic N) is 1. The molecule has 24 heavy (non-hydrogen) atoms. The molecular formula is C17H22Cl2N4O. The summed E-state index contributed by atoms with van der Waals surface area (Å²) < 4.78 is 0. The first-order valence-corrected chi connectivity index (χ1v) is 8.35. The largest absolute Gasteiger partial charge is 0.405 e. The minimum absolute atomic E-state index is 0.0413. The Labute approximate surface area is 152 Å². The molecule has 1 amide bonds. The zero-order valence-electron chi connectivity index (χ0n) is 13.6. The van der Waals surface area contributed by atoms with Gasteiger partial charge < -0.3 is 16.4 Å². The van der Waals surface area contributed by atoms with Gasteiger partial charge in [-0.1, -0.05) is 36.7 Å². The predicted molar refractivity (Wildman–Crippen MR) is 101 cm³/mol. The van der Waals surface area contributed by atoms with E-state index in [1.165, 1.54) is 6.20 Å². The van der Waals surface area contributed by atoms with Gasteiger partial charge in [0.15, 0.2) is 0 Å². The van der Waals surface area contributed by atoms with Gasteiger partial charge in [0, 0.05) is 30.1 Å². The summed E-state index contributed by atoms with van der Waals surface area (Å²) in [6.45, 7) is 6.93. The maximum Gasteiger partial charge on any atom is 0.219 e. The summed E-state index contributed by atoms with van der Waals surface area (Å²) in [4.78, 5) is 15.5. The fraction of sp³-hybridized carbons (Fsp3) is 0.294. The minimum atomic E-state index is 0.0413. The molecule has 1 aromatic rings. The first kappa shape index (κ1) is 20.1. The van der Waals surface area contributed by atoms with Gasteiger partial charge in [-0.15, -0.1) is 0 Å². The number of allylic oxidation sites excluding steroid dienone is 1. The van der Waals surface area contributed by atoms with E-state index in [4.69, 9.17) is 28.9 Å². The summed E-state index contributed by atoms with van der Waals surface area (Å²) in [5.41, 5.74) is 6.77. The van der Waals surface area contributed by atoms with E-state index < -0.39 is 0 Å². The molecule has 0 aromatic heterocycles. The molecule has 0 aliphatic heterocycles. The zero-order chi connectivity index (χ0) is 17.9. The van der Waals surface area contributed by atoms with Crippen molar-refractivity contribution in [1.29, 1.82) is 0 Å². The van der Waals surface area contributed by atoms with Crippen molar-refractivity contribution in [3.8, 4) is 0 Å². The number of nitrogens with two attached hydrogens (primary N) is 1. The molecule has 0 saturated carbocycles. The van der Waals surface area contributed by atoms with Crippen LogP contribution in [0.15, 0.2) is 47.9 Å². The number of nitrogens with one attached hydrogen (secondary N) is 2. The van der Waals surface area contributed by atoms with Gasteiger partial charge in [0.05, 0.1) is 10.7 Å². The number of halogens is 2. The van der Waals surface area contributed by atoms with E-state index in [9.17, 15) is 4.79 Å². The number of carbonyl (C=O) groups excluding carboxylic acids is 1. The second-order valence-corrected chi connectivity index (χ2v) is 5.75. The number of benzene rings is 1. The fourth-order valence-electron chi connectivity index (χ4n) is 1.83. The Kier molecular flexibility index (Phi) is 8.97. The Morgan fingerprint density at radius 2 is 2.04 bits per heavy atom. The summed E-state index contributed by atoms with van der Waals surface area (Å²) in [5, 5.41) is 6.92. The molecule has 0 aliphatic rings. The van der Waals surface area contributed by atoms with Crippen LogP contribution in [-0.4, -0.2) is 24.7 Å². The van der Waals surface area contributed by atoms with Crippen LogP contribution in [0.25, 0.3) is 0 Å². The van der Waals surface area contributed by atoms with Crippen molar-refractivity contribution in [3.05, 3.63) is 58.5 Å². The highest BCUT2D eigenvalue weighted by atomic mass is 35.5. The quantitative estimate of drug-likeness (QED) is 0.462. The Bertz CT molecular complexity index is 641. The molecule has 0 spiro atoms. The van der Waals surface area contributed by atoms with Gasteiger partial charge in [-0.25, -0.2) is 4.99 Å². The van der Waals surface area contributed by atoms with E-state index in [0.717, 1.165) is 6.42 Å². The zero-order valence-corrected chi connectivity index (χ0v) is 15.1. The van der Waals surface area contributed by atoms with Crippen molar-refractivity contribution in [2.45, 2.75) is 19.8 Å². The third kappa shape index (κ3) is 7.06. The lowest BCUT2D eigenvalue weighted by molar-refractivity contribution is -0.120. The van der Waals surface area contributed by atoms with Gasteiger partial charge in [0.1, 0.15) is 5.82 Å². The highest BCUT2D eigenvalue weighted by molar-refractivity contribution is 6.37. The number of rotatable bonds is 9. The monoisotopic (exact) mass is 368 g/mol. The number of hydrogen-bond donors (Lipinski definition) is 3. The molecule has 0 fully saturated rings. The topological polar surface area (TPSA) is 79.5 Å². The van der Waals surface area contributed by atoms with E-state index in [0.29, 0.717) is 46.7 Å². The molecule has 130 valence electrons. The average molecular weight is 369 g/mol. The second kappa shape index (κ2) is 10.7. The standard InChI is InChI=1S/C17H22Cl2N4O/c1-3-17(24)22-10-4-9-21-12(2)23-16(7-8-20)14-6-5-13(18)11-15(14)19/h5-8,11,21H,2-4,9-10,20H2,1H3,(H,22,24)/b8-7-,23-16?. The lowest BCUT2D eigenvalue weighted by Gasteiger charge is -2.09. The van der Waals surface area contributed by atoms with Crippen LogP contribution in [0.5, 0.6) is 0 Å². The number of aliphatic imine (C=N–C) groups is 1. The maximum absolute atomic E-state index is 11.1. The molecule has 5 nitrogen and oxygen atoms in total. The summed E-state index contributed by atoms with van der Waals surface area (Å²) >= 11 is 12.1. The third-order valence-corrected chi connectivity index (χ3v) is 3.59. The van der Waals surface area contributed by atoms with Crippen LogP contribution >= 0.6 is 23.2 Å². The van der Waals surface area contributed by atoms with Crippen molar-refractivity contribution < 1.29 is 4.79 Å². The minimum Gasteiger partial charge on any atom is -0.405 e. The number of hydrogen-bond acceptors (Lipinski definition) is 4. The van der Waals surface area contributed by atoms with Crippen LogP contribution < -0.4 is 16.4 Å². The smallest absolute Gasteiger partial charge is 0.219 e. The van der Waals surface area contributed by atoms with Crippen LogP contribution in [-0.2, 0) is 4.79 Å². The van der Waals surface area contributed by atoms with Gasteiger partial charge in [-0.05, 0) is 36.9 Å². The van der Waals surface area contributed by atoms with E-state index in [1.807, 2.05) is 6.92 Å². The van der Waals surface area contributed by atoms with Gasteiger partial charge >= 0.3 is 0 Å². The normalized spacial score (nSPS) is 11.5. The van der Waals surface area contributed by atoms with Crippen molar-refractivity contribution in [1.82, 2.24) is 10.6 Å². The van der Waals surface area contributed by atoms with Gasteiger partial charge in [-0.2, -0.15) is 0 Å². The molecule has 4 N–H and O–H groups in total. The molecule has 0 saturated heterocycles. The second-order valence-electron chi connectivity index (χ2n) is 4.91. The number of carbonyl (C=O) groups is 1. The lowest BCUT2D eigenvalue weighted by Crippen LogP contribution is -2.26. The van der Waals surface area contributed by atoms with Crippen LogP contribution in [0.3, 0.4) is 0 Å². The Balaban J connectivity index is 2.64. The molecule has 0 heterocycles. The van der Waals surface area contributed by atoms with Crippen LogP contribution in [0.4, 0.5) is 0 Å². The Morgan fingerprint density at radius 1 is 1.33 bits per heavy atom. The summed E-state index contributed by atoms with van der Waals surface area (Å²) in [6.07, 6.45) is 4.28. The van der Waals surface area contributed by atoms with E-state index >= 15 is 0 Å². The molecular weight excluding hydrogens is 347 g/mol. The van der Waals surface area contributed by atoms with E-state index in [-0.39, 0.29) is 5.91 Å². The van der Waals surface area contributed by atoms with E-state index in [2.05, 4.69) is 22.2 Å². The van der Waals surface area contributed by atoms with Gasteiger partial charge in [0.2, 0.25) is 5.91 Å². The molecule has 1 aromatic carbocycles. The third-order valence-electron chi connectivity index (χ3n) is 3.04. The molecule has 0 bridgehead atoms. The van der Waals surface area contributed by atoms with Crippen molar-refractivity contribution in [2.75, 3.05) is 13.1 Å². The SMILES string of the molecule is C=C(N=C(/C=C\N)c1ccc(Cl)cc1Cl)NCCCNC(=O)CC. The lowest BCUT2D eigenvalue weighted by atomic mass is 10.1. The molecule has 0 atom stereocenters. The molecule has 7 heteroatoms. The van der Waals surface area contributed by atoms with Crippen LogP contribution in [0, 0.1) is 0 Å². The predicted octanol–water partition coefficient (Wildman–Crippen LogP) is 3.23. The average Bonchev–Trinajstić information content (AvgIpc) is 2.54. The number of amides is 1. The summed E-state index contributed by atoms with van der Waals surface area (Å²) in [7, 11) is 0.